The van der Waals surface area contributed by atoms with Crippen molar-refractivity contribution in [3.63, 3.8) is 0 Å². The van der Waals surface area contributed by atoms with Gasteiger partial charge in [-0.2, -0.15) is 4.89 Å². The van der Waals surface area contributed by atoms with E-state index >= 15 is 0 Å². The van der Waals surface area contributed by atoms with Crippen LogP contribution < -0.4 is 5.30 Å². The van der Waals surface area contributed by atoms with E-state index in [1.807, 2.05) is 6.07 Å². The second kappa shape index (κ2) is 6.21. The summed E-state index contributed by atoms with van der Waals surface area (Å²) < 4.78 is 11.8. The van der Waals surface area contributed by atoms with Gasteiger partial charge in [0.15, 0.2) is 0 Å². The van der Waals surface area contributed by atoms with E-state index in [2.05, 4.69) is 0 Å². The Labute approximate surface area is 134 Å². The number of hydrogen-bond acceptors (Lipinski definition) is 3. The van der Waals surface area contributed by atoms with E-state index in [9.17, 15) is 19.7 Å². The van der Waals surface area contributed by atoms with Crippen LogP contribution in [-0.4, -0.2) is 15.1 Å². The van der Waals surface area contributed by atoms with Gasteiger partial charge < -0.3 is 10.2 Å². The van der Waals surface area contributed by atoms with E-state index in [0.29, 0.717) is 10.9 Å². The lowest BCUT2D eigenvalue weighted by Gasteiger charge is -2.10. The molecule has 0 saturated heterocycles. The molecule has 0 saturated carbocycles. The summed E-state index contributed by atoms with van der Waals surface area (Å²) in [7, 11) is -2.52. The van der Waals surface area contributed by atoms with Gasteiger partial charge in [-0.05, 0) is 51.6 Å². The number of rotatable bonds is 3. The molecule has 114 valence electrons. The van der Waals surface area contributed by atoms with Crippen molar-refractivity contribution in [3.8, 4) is 33.8 Å². The molecule has 4 nitrogen and oxygen atoms in total. The van der Waals surface area contributed by atoms with Crippen LogP contribution in [0.4, 0.5) is 0 Å². The molecule has 23 heavy (non-hydrogen) atoms. The molecule has 3 aromatic rings. The fourth-order valence-electron chi connectivity index (χ4n) is 2.51. The first-order valence-corrected chi connectivity index (χ1v) is 8.15. The molecule has 0 bridgehead atoms. The van der Waals surface area contributed by atoms with Crippen molar-refractivity contribution < 1.29 is 19.7 Å². The fourth-order valence-corrected chi connectivity index (χ4v) is 3.17. The normalized spacial score (nSPS) is 11.3. The van der Waals surface area contributed by atoms with Crippen LogP contribution in [0, 0.1) is 0 Å². The summed E-state index contributed by atoms with van der Waals surface area (Å²) in [6, 6.07) is 18.3. The van der Waals surface area contributed by atoms with Gasteiger partial charge in [0, 0.05) is 5.56 Å². The van der Waals surface area contributed by atoms with Crippen LogP contribution in [0.25, 0.3) is 22.3 Å². The van der Waals surface area contributed by atoms with Crippen molar-refractivity contribution >= 4 is 13.3 Å². The van der Waals surface area contributed by atoms with Crippen LogP contribution in [0.5, 0.6) is 11.5 Å². The molecule has 0 fully saturated rings. The quantitative estimate of drug-likeness (QED) is 0.640. The Hall–Kier alpha value is -2.68. The predicted molar refractivity (Wildman–Crippen MR) is 90.1 cm³/mol. The number of aromatic hydroxyl groups is 2. The lowest BCUT2D eigenvalue weighted by Crippen LogP contribution is -2.03. The molecule has 0 aliphatic carbocycles. The second-order valence-corrected chi connectivity index (χ2v) is 6.09. The Morgan fingerprint density at radius 1 is 0.696 bits per heavy atom. The van der Waals surface area contributed by atoms with E-state index in [1.165, 1.54) is 12.1 Å². The maximum absolute atomic E-state index is 11.8. The van der Waals surface area contributed by atoms with Gasteiger partial charge in [-0.15, -0.1) is 0 Å². The zero-order valence-corrected chi connectivity index (χ0v) is 12.9. The maximum Gasteiger partial charge on any atom is 0.546 e. The Morgan fingerprint density at radius 2 is 1.22 bits per heavy atom. The van der Waals surface area contributed by atoms with E-state index < -0.39 is 8.03 Å². The van der Waals surface area contributed by atoms with Gasteiger partial charge in [-0.1, -0.05) is 36.4 Å². The molecular formula is C18H14O4P+. The predicted octanol–water partition coefficient (Wildman–Crippen LogP) is 3.79. The van der Waals surface area contributed by atoms with Crippen LogP contribution in [0.2, 0.25) is 0 Å². The summed E-state index contributed by atoms with van der Waals surface area (Å²) in [5.41, 5.74) is 2.98. The molecule has 3 N–H and O–H groups in total. The first kappa shape index (κ1) is 15.2. The van der Waals surface area contributed by atoms with Crippen molar-refractivity contribution in [2.75, 3.05) is 0 Å². The van der Waals surface area contributed by atoms with Gasteiger partial charge in [0.05, 0.1) is 0 Å². The van der Waals surface area contributed by atoms with Crippen molar-refractivity contribution in [2.45, 2.75) is 0 Å². The summed E-state index contributed by atoms with van der Waals surface area (Å²) in [4.78, 5) is 9.66. The van der Waals surface area contributed by atoms with Crippen molar-refractivity contribution in [1.82, 2.24) is 0 Å². The molecule has 3 aromatic carbocycles. The topological polar surface area (TPSA) is 77.8 Å². The minimum Gasteiger partial charge on any atom is -0.508 e. The van der Waals surface area contributed by atoms with Gasteiger partial charge in [-0.3, -0.25) is 0 Å². The van der Waals surface area contributed by atoms with E-state index in [1.54, 1.807) is 48.5 Å². The van der Waals surface area contributed by atoms with E-state index in [-0.39, 0.29) is 11.5 Å². The zero-order chi connectivity index (χ0) is 16.4. The Morgan fingerprint density at radius 3 is 1.74 bits per heavy atom. The zero-order valence-electron chi connectivity index (χ0n) is 12.0. The van der Waals surface area contributed by atoms with Crippen LogP contribution in [0.1, 0.15) is 0 Å². The van der Waals surface area contributed by atoms with Gasteiger partial charge in [0.25, 0.3) is 0 Å². The standard InChI is InChI=1S/C18H13O4P/c19-14-8-4-12(5-9-14)16-2-1-3-17(23(21)22)18(16)13-6-10-15(20)11-7-13/h1-11H,(H2-,19,20,21,22)/p+1. The molecule has 0 aliphatic heterocycles. The van der Waals surface area contributed by atoms with Crippen LogP contribution in [0.15, 0.2) is 66.7 Å². The van der Waals surface area contributed by atoms with Gasteiger partial charge in [0.1, 0.15) is 11.5 Å². The summed E-state index contributed by atoms with van der Waals surface area (Å²) in [6.45, 7) is 0. The summed E-state index contributed by atoms with van der Waals surface area (Å²) in [5, 5.41) is 19.2. The number of phenols is 2. The third kappa shape index (κ3) is 3.09. The second-order valence-electron chi connectivity index (χ2n) is 5.07. The average molecular weight is 325 g/mol. The number of phenolic OH excluding ortho intramolecular Hbond substituents is 2. The summed E-state index contributed by atoms with van der Waals surface area (Å²) >= 11 is 0. The van der Waals surface area contributed by atoms with Gasteiger partial charge in [-0.25, -0.2) is 0 Å². The Bertz CT molecular complexity index is 855. The Balaban J connectivity index is 2.27. The van der Waals surface area contributed by atoms with E-state index in [0.717, 1.165) is 16.7 Å². The molecule has 0 spiro atoms. The van der Waals surface area contributed by atoms with Crippen molar-refractivity contribution in [1.29, 1.82) is 0 Å². The molecule has 0 aliphatic rings. The average Bonchev–Trinajstić information content (AvgIpc) is 2.55. The fraction of sp³-hybridized carbons (Fsp3) is 0. The molecule has 5 heteroatoms. The monoisotopic (exact) mass is 325 g/mol. The highest BCUT2D eigenvalue weighted by atomic mass is 31.1. The third-order valence-corrected chi connectivity index (χ3v) is 4.37. The van der Waals surface area contributed by atoms with Crippen molar-refractivity contribution in [3.05, 3.63) is 66.7 Å². The maximum atomic E-state index is 11.8. The highest BCUT2D eigenvalue weighted by molar-refractivity contribution is 7.47. The lowest BCUT2D eigenvalue weighted by molar-refractivity contribution is 0.475. The molecule has 0 aromatic heterocycles. The van der Waals surface area contributed by atoms with Crippen LogP contribution in [-0.2, 0) is 4.57 Å². The third-order valence-electron chi connectivity index (χ3n) is 3.58. The lowest BCUT2D eigenvalue weighted by atomic mass is 9.94. The minimum atomic E-state index is -2.52. The number of benzene rings is 3. The number of hydrogen-bond donors (Lipinski definition) is 3. The van der Waals surface area contributed by atoms with Crippen LogP contribution >= 0.6 is 8.03 Å². The highest BCUT2D eigenvalue weighted by Gasteiger charge is 2.25. The highest BCUT2D eigenvalue weighted by Crippen LogP contribution is 2.35. The van der Waals surface area contributed by atoms with Gasteiger partial charge >= 0.3 is 8.03 Å². The summed E-state index contributed by atoms with van der Waals surface area (Å²) in [6.07, 6.45) is 0. The molecule has 1 atom stereocenters. The molecule has 0 amide bonds. The first-order chi connectivity index (χ1) is 11.1. The molecule has 3 rings (SSSR count). The van der Waals surface area contributed by atoms with E-state index in [4.69, 9.17) is 0 Å². The van der Waals surface area contributed by atoms with Gasteiger partial charge in [0.2, 0.25) is 5.30 Å². The molecule has 0 heterocycles. The minimum absolute atomic E-state index is 0.130. The smallest absolute Gasteiger partial charge is 0.508 e. The molecule has 0 radical (unpaired) electrons. The van der Waals surface area contributed by atoms with Crippen molar-refractivity contribution in [2.24, 2.45) is 0 Å². The van der Waals surface area contributed by atoms with Crippen LogP contribution in [0.3, 0.4) is 0 Å². The summed E-state index contributed by atoms with van der Waals surface area (Å²) in [5.74, 6) is 0.287. The molecular weight excluding hydrogens is 311 g/mol. The first-order valence-electron chi connectivity index (χ1n) is 6.94. The Kier molecular flexibility index (Phi) is 4.11. The molecule has 1 unspecified atom stereocenters. The SMILES string of the molecule is O=[P+](O)c1cccc(-c2ccc(O)cc2)c1-c1ccc(O)cc1. The largest absolute Gasteiger partial charge is 0.546 e.